The largest absolute Gasteiger partial charge is 0.350 e. The molecule has 1 saturated carbocycles. The van der Waals surface area contributed by atoms with Gasteiger partial charge in [0.05, 0.1) is 33.4 Å². The van der Waals surface area contributed by atoms with Crippen molar-refractivity contribution in [3.05, 3.63) is 77.1 Å². The Bertz CT molecular complexity index is 1540. The zero-order chi connectivity index (χ0) is 29.3. The van der Waals surface area contributed by atoms with E-state index in [2.05, 4.69) is 26.4 Å². The SMILES string of the molecule is C=CC(=O)N1CCN(C(=NC)c2cc(Cl)c(-c3ccccc3F)nc2N(C=O)c2c(C)ncnc2C2CC2)C(C)C1. The maximum Gasteiger partial charge on any atom is 0.246 e. The Morgan fingerprint density at radius 1 is 1.24 bits per heavy atom. The first-order valence-corrected chi connectivity index (χ1v) is 13.8. The standard InChI is InChI=1S/C30H31ClFN7O2/c1-5-25(41)37-12-13-38(18(2)15-37)29(33-4)22-14-23(31)27(21-8-6-7-9-24(21)32)36-30(22)39(17-40)28-19(3)34-16-35-26(28)20-10-11-20/h5-9,14,16-18,20H,1,10-13,15H2,2-4H3. The third-order valence-corrected chi connectivity index (χ3v) is 7.78. The summed E-state index contributed by atoms with van der Waals surface area (Å²) in [7, 11) is 1.66. The molecule has 11 heteroatoms. The van der Waals surface area contributed by atoms with E-state index >= 15 is 0 Å². The van der Waals surface area contributed by atoms with Crippen LogP contribution in [0.15, 0.2) is 54.3 Å². The number of hydrogen-bond donors (Lipinski definition) is 0. The van der Waals surface area contributed by atoms with Crippen molar-refractivity contribution in [2.75, 3.05) is 31.6 Å². The minimum absolute atomic E-state index is 0.113. The van der Waals surface area contributed by atoms with Gasteiger partial charge >= 0.3 is 0 Å². The first-order valence-electron chi connectivity index (χ1n) is 13.5. The summed E-state index contributed by atoms with van der Waals surface area (Å²) in [6, 6.07) is 7.78. The summed E-state index contributed by atoms with van der Waals surface area (Å²) in [5, 5.41) is 0.206. The molecule has 1 saturated heterocycles. The molecule has 1 unspecified atom stereocenters. The zero-order valence-electron chi connectivity index (χ0n) is 23.2. The van der Waals surface area contributed by atoms with Crippen LogP contribution >= 0.6 is 11.6 Å². The number of pyridine rings is 1. The lowest BCUT2D eigenvalue weighted by atomic mass is 10.1. The Balaban J connectivity index is 1.69. The second-order valence-electron chi connectivity index (χ2n) is 10.2. The average Bonchev–Trinajstić information content (AvgIpc) is 3.82. The summed E-state index contributed by atoms with van der Waals surface area (Å²) in [4.78, 5) is 48.8. The Labute approximate surface area is 243 Å². The highest BCUT2D eigenvalue weighted by Crippen LogP contribution is 2.45. The fourth-order valence-corrected chi connectivity index (χ4v) is 5.57. The summed E-state index contributed by atoms with van der Waals surface area (Å²) < 4.78 is 15.0. The van der Waals surface area contributed by atoms with Gasteiger partial charge in [-0.2, -0.15) is 0 Å². The lowest BCUT2D eigenvalue weighted by Crippen LogP contribution is -2.55. The van der Waals surface area contributed by atoms with Gasteiger partial charge in [-0.05, 0) is 51.0 Å². The molecule has 41 heavy (non-hydrogen) atoms. The van der Waals surface area contributed by atoms with E-state index in [9.17, 15) is 14.0 Å². The Hall–Kier alpha value is -4.18. The number of rotatable bonds is 7. The molecule has 3 aromatic rings. The minimum atomic E-state index is -0.489. The number of aryl methyl sites for hydroxylation is 1. The molecule has 2 amide bonds. The van der Waals surface area contributed by atoms with Gasteiger partial charge in [0.1, 0.15) is 18.0 Å². The average molecular weight is 576 g/mol. The van der Waals surface area contributed by atoms with Gasteiger partial charge < -0.3 is 9.80 Å². The van der Waals surface area contributed by atoms with E-state index in [0.717, 1.165) is 18.5 Å². The molecule has 5 rings (SSSR count). The van der Waals surface area contributed by atoms with Crippen molar-refractivity contribution in [2.45, 2.75) is 38.6 Å². The van der Waals surface area contributed by atoms with Crippen molar-refractivity contribution >= 4 is 41.3 Å². The Morgan fingerprint density at radius 2 is 2.00 bits per heavy atom. The van der Waals surface area contributed by atoms with Crippen molar-refractivity contribution in [1.82, 2.24) is 24.8 Å². The summed E-state index contributed by atoms with van der Waals surface area (Å²) in [5.74, 6) is 0.371. The first kappa shape index (κ1) is 28.4. The van der Waals surface area contributed by atoms with Crippen LogP contribution in [-0.4, -0.2) is 75.6 Å². The van der Waals surface area contributed by atoms with Crippen molar-refractivity contribution in [1.29, 1.82) is 0 Å². The summed E-state index contributed by atoms with van der Waals surface area (Å²) in [5.41, 5.74) is 2.82. The second kappa shape index (κ2) is 11.7. The quantitative estimate of drug-likeness (QED) is 0.172. The van der Waals surface area contributed by atoms with Gasteiger partial charge in [0, 0.05) is 44.2 Å². The third kappa shape index (κ3) is 5.44. The molecular weight excluding hydrogens is 545 g/mol. The van der Waals surface area contributed by atoms with Crippen molar-refractivity contribution in [3.63, 3.8) is 0 Å². The van der Waals surface area contributed by atoms with Crippen LogP contribution in [0.5, 0.6) is 0 Å². The van der Waals surface area contributed by atoms with Crippen LogP contribution in [0.4, 0.5) is 15.9 Å². The van der Waals surface area contributed by atoms with E-state index in [4.69, 9.17) is 16.6 Å². The van der Waals surface area contributed by atoms with Crippen LogP contribution in [-0.2, 0) is 9.59 Å². The molecule has 2 aromatic heterocycles. The first-order chi connectivity index (χ1) is 19.8. The van der Waals surface area contributed by atoms with Gasteiger partial charge in [0.25, 0.3) is 0 Å². The molecule has 1 aromatic carbocycles. The number of hydrogen-bond acceptors (Lipinski definition) is 6. The number of aliphatic imine (C=N–C) groups is 1. The number of amidine groups is 1. The van der Waals surface area contributed by atoms with Crippen LogP contribution in [0.3, 0.4) is 0 Å². The van der Waals surface area contributed by atoms with Crippen LogP contribution < -0.4 is 4.90 Å². The van der Waals surface area contributed by atoms with Gasteiger partial charge in [0.15, 0.2) is 5.82 Å². The van der Waals surface area contributed by atoms with Crippen molar-refractivity contribution in [2.24, 2.45) is 4.99 Å². The second-order valence-corrected chi connectivity index (χ2v) is 10.6. The highest BCUT2D eigenvalue weighted by Gasteiger charge is 2.35. The fraction of sp³-hybridized carbons (Fsp3) is 0.333. The molecule has 9 nitrogen and oxygen atoms in total. The van der Waals surface area contributed by atoms with E-state index < -0.39 is 5.82 Å². The summed E-state index contributed by atoms with van der Waals surface area (Å²) >= 11 is 6.79. The molecule has 1 atom stereocenters. The zero-order valence-corrected chi connectivity index (χ0v) is 24.0. The molecule has 1 aliphatic carbocycles. The minimum Gasteiger partial charge on any atom is -0.350 e. The van der Waals surface area contributed by atoms with E-state index in [0.29, 0.717) is 48.8 Å². The molecule has 212 valence electrons. The van der Waals surface area contributed by atoms with E-state index in [1.165, 1.54) is 23.4 Å². The van der Waals surface area contributed by atoms with Gasteiger partial charge in [-0.1, -0.05) is 30.3 Å². The number of aromatic nitrogens is 3. The van der Waals surface area contributed by atoms with E-state index in [1.807, 2.05) is 13.8 Å². The van der Waals surface area contributed by atoms with Crippen molar-refractivity contribution < 1.29 is 14.0 Å². The van der Waals surface area contributed by atoms with Crippen LogP contribution in [0.2, 0.25) is 5.02 Å². The maximum atomic E-state index is 15.0. The van der Waals surface area contributed by atoms with Crippen LogP contribution in [0.1, 0.15) is 42.6 Å². The predicted molar refractivity (Wildman–Crippen MR) is 157 cm³/mol. The summed E-state index contributed by atoms with van der Waals surface area (Å²) in [6.45, 7) is 8.83. The summed E-state index contributed by atoms with van der Waals surface area (Å²) in [6.07, 6.45) is 5.42. The maximum absolute atomic E-state index is 15.0. The van der Waals surface area contributed by atoms with Crippen LogP contribution in [0.25, 0.3) is 11.3 Å². The lowest BCUT2D eigenvalue weighted by Gasteiger charge is -2.41. The molecule has 0 N–H and O–H groups in total. The normalized spacial score (nSPS) is 17.4. The number of carbonyl (C=O) groups excluding carboxylic acids is 2. The predicted octanol–water partition coefficient (Wildman–Crippen LogP) is 4.91. The van der Waals surface area contributed by atoms with Gasteiger partial charge in [-0.3, -0.25) is 19.5 Å². The fourth-order valence-electron chi connectivity index (χ4n) is 5.32. The van der Waals surface area contributed by atoms with E-state index in [1.54, 1.807) is 36.2 Å². The number of nitrogens with zero attached hydrogens (tertiary/aromatic N) is 7. The number of piperazine rings is 1. The van der Waals surface area contributed by atoms with Gasteiger partial charge in [-0.25, -0.2) is 19.3 Å². The molecule has 0 spiro atoms. The Kier molecular flexibility index (Phi) is 8.12. The molecular formula is C30H31ClFN7O2. The highest BCUT2D eigenvalue weighted by molar-refractivity contribution is 6.33. The van der Waals surface area contributed by atoms with E-state index in [-0.39, 0.29) is 40.0 Å². The monoisotopic (exact) mass is 575 g/mol. The number of anilines is 2. The smallest absolute Gasteiger partial charge is 0.246 e. The molecule has 0 radical (unpaired) electrons. The van der Waals surface area contributed by atoms with Crippen LogP contribution in [0, 0.1) is 12.7 Å². The van der Waals surface area contributed by atoms with Gasteiger partial charge in [-0.15, -0.1) is 0 Å². The van der Waals surface area contributed by atoms with Gasteiger partial charge in [0.2, 0.25) is 12.3 Å². The molecule has 3 heterocycles. The molecule has 2 aliphatic rings. The molecule has 1 aliphatic heterocycles. The third-order valence-electron chi connectivity index (χ3n) is 7.50. The molecule has 2 fully saturated rings. The number of benzene rings is 1. The highest BCUT2D eigenvalue weighted by atomic mass is 35.5. The lowest BCUT2D eigenvalue weighted by molar-refractivity contribution is -0.128. The number of halogens is 2. The Morgan fingerprint density at radius 3 is 2.63 bits per heavy atom. The topological polar surface area (TPSA) is 94.9 Å². The van der Waals surface area contributed by atoms with Crippen molar-refractivity contribution in [3.8, 4) is 11.3 Å². The molecule has 0 bridgehead atoms. The number of amides is 2. The number of carbonyl (C=O) groups is 2.